The monoisotopic (exact) mass is 369 g/mol. The zero-order chi connectivity index (χ0) is 19.9. The summed E-state index contributed by atoms with van der Waals surface area (Å²) in [4.78, 5) is 12.4. The summed E-state index contributed by atoms with van der Waals surface area (Å²) in [5.74, 6) is 0.792. The summed E-state index contributed by atoms with van der Waals surface area (Å²) in [5.41, 5.74) is 9.84. The van der Waals surface area contributed by atoms with Gasteiger partial charge in [-0.25, -0.2) is 0 Å². The maximum Gasteiger partial charge on any atom is 0.162 e. The van der Waals surface area contributed by atoms with Crippen molar-refractivity contribution in [2.24, 2.45) is 5.73 Å². The molecule has 0 bridgehead atoms. The normalized spacial score (nSPS) is 13.2. The van der Waals surface area contributed by atoms with Crippen LogP contribution in [0.15, 0.2) is 42.5 Å². The number of carbonyl (C=O) groups excluding carboxylic acids is 1. The van der Waals surface area contributed by atoms with Gasteiger partial charge < -0.3 is 15.6 Å². The molecule has 0 saturated heterocycles. The maximum absolute atomic E-state index is 12.4. The Balaban J connectivity index is 1.83. The van der Waals surface area contributed by atoms with Crippen molar-refractivity contribution in [1.29, 1.82) is 0 Å². The minimum Gasteiger partial charge on any atom is -0.492 e. The Kier molecular flexibility index (Phi) is 7.57. The first kappa shape index (κ1) is 21.1. The lowest BCUT2D eigenvalue weighted by atomic mass is 9.99. The number of aliphatic hydroxyl groups is 1. The topological polar surface area (TPSA) is 72.6 Å². The Hall–Kier alpha value is -2.17. The number of ether oxygens (including phenoxy) is 1. The number of nitrogens with two attached hydrogens (primary N) is 1. The van der Waals surface area contributed by atoms with Gasteiger partial charge in [-0.05, 0) is 74.1 Å². The predicted octanol–water partition coefficient (Wildman–Crippen LogP) is 3.99. The van der Waals surface area contributed by atoms with Crippen LogP contribution in [-0.4, -0.2) is 29.6 Å². The van der Waals surface area contributed by atoms with E-state index >= 15 is 0 Å². The van der Waals surface area contributed by atoms with Crippen LogP contribution in [0.3, 0.4) is 0 Å². The van der Waals surface area contributed by atoms with Gasteiger partial charge in [0.15, 0.2) is 5.78 Å². The molecule has 2 rings (SSSR count). The van der Waals surface area contributed by atoms with Crippen LogP contribution in [0.2, 0.25) is 0 Å². The summed E-state index contributed by atoms with van der Waals surface area (Å²) >= 11 is 0. The van der Waals surface area contributed by atoms with Gasteiger partial charge >= 0.3 is 0 Å². The molecule has 4 nitrogen and oxygen atoms in total. The van der Waals surface area contributed by atoms with E-state index in [0.29, 0.717) is 24.2 Å². The van der Waals surface area contributed by atoms with Crippen molar-refractivity contribution in [2.75, 3.05) is 13.2 Å². The van der Waals surface area contributed by atoms with Gasteiger partial charge in [0.25, 0.3) is 0 Å². The molecule has 27 heavy (non-hydrogen) atoms. The highest BCUT2D eigenvalue weighted by molar-refractivity contribution is 5.96. The van der Waals surface area contributed by atoms with Crippen molar-refractivity contribution >= 4 is 5.78 Å². The molecule has 0 radical (unpaired) electrons. The third kappa shape index (κ3) is 6.19. The molecule has 0 heterocycles. The van der Waals surface area contributed by atoms with Crippen LogP contribution in [0, 0.1) is 13.8 Å². The average Bonchev–Trinajstić information content (AvgIpc) is 2.69. The zero-order valence-electron chi connectivity index (χ0n) is 16.6. The van der Waals surface area contributed by atoms with Gasteiger partial charge in [0.2, 0.25) is 0 Å². The molecule has 0 amide bonds. The molecule has 0 aliphatic heterocycles. The van der Waals surface area contributed by atoms with Gasteiger partial charge in [0.05, 0.1) is 12.1 Å². The highest BCUT2D eigenvalue weighted by Crippen LogP contribution is 2.17. The molecule has 0 spiro atoms. The van der Waals surface area contributed by atoms with Gasteiger partial charge in [-0.2, -0.15) is 0 Å². The second-order valence-corrected chi connectivity index (χ2v) is 7.38. The number of aryl methyl sites for hydroxylation is 3. The van der Waals surface area contributed by atoms with Crippen molar-refractivity contribution in [2.45, 2.75) is 52.0 Å². The first-order valence-corrected chi connectivity index (χ1v) is 9.59. The summed E-state index contributed by atoms with van der Waals surface area (Å²) in [6.07, 6.45) is 2.90. The van der Waals surface area contributed by atoms with E-state index in [4.69, 9.17) is 10.5 Å². The molecule has 0 aliphatic rings. The Morgan fingerprint density at radius 2 is 1.81 bits per heavy atom. The zero-order valence-corrected chi connectivity index (χ0v) is 16.6. The first-order chi connectivity index (χ1) is 12.9. The molecular formula is C23H31NO3. The Labute approximate surface area is 162 Å². The Morgan fingerprint density at radius 1 is 1.11 bits per heavy atom. The molecule has 3 N–H and O–H groups in total. The quantitative estimate of drug-likeness (QED) is 0.621. The number of aliphatic hydroxyl groups excluding tert-OH is 1. The van der Waals surface area contributed by atoms with E-state index in [0.717, 1.165) is 12.8 Å². The smallest absolute Gasteiger partial charge is 0.162 e. The van der Waals surface area contributed by atoms with E-state index in [1.54, 1.807) is 24.3 Å². The van der Waals surface area contributed by atoms with E-state index in [1.165, 1.54) is 16.7 Å². The van der Waals surface area contributed by atoms with Gasteiger partial charge in [-0.15, -0.1) is 0 Å². The average molecular weight is 370 g/mol. The predicted molar refractivity (Wildman–Crippen MR) is 109 cm³/mol. The van der Waals surface area contributed by atoms with Crippen LogP contribution in [0.5, 0.6) is 5.75 Å². The number of rotatable bonds is 10. The highest BCUT2D eigenvalue weighted by atomic mass is 16.5. The fourth-order valence-corrected chi connectivity index (χ4v) is 2.78. The summed E-state index contributed by atoms with van der Waals surface area (Å²) in [6.45, 7) is 6.25. The molecule has 4 heteroatoms. The second-order valence-electron chi connectivity index (χ2n) is 7.38. The number of carbonyl (C=O) groups is 1. The summed E-state index contributed by atoms with van der Waals surface area (Å²) in [5, 5.41) is 9.32. The molecule has 2 aromatic carbocycles. The van der Waals surface area contributed by atoms with Gasteiger partial charge in [0.1, 0.15) is 12.4 Å². The first-order valence-electron chi connectivity index (χ1n) is 9.59. The van der Waals surface area contributed by atoms with Crippen LogP contribution in [-0.2, 0) is 6.42 Å². The number of ketones is 1. The summed E-state index contributed by atoms with van der Waals surface area (Å²) < 4.78 is 5.65. The minimum absolute atomic E-state index is 0.124. The van der Waals surface area contributed by atoms with E-state index in [1.807, 2.05) is 6.92 Å². The highest BCUT2D eigenvalue weighted by Gasteiger charge is 2.22. The fourth-order valence-electron chi connectivity index (χ4n) is 2.78. The van der Waals surface area contributed by atoms with Crippen LogP contribution in [0.4, 0.5) is 0 Å². The minimum atomic E-state index is -0.733. The van der Waals surface area contributed by atoms with Crippen LogP contribution < -0.4 is 10.5 Å². The van der Waals surface area contributed by atoms with Crippen molar-refractivity contribution in [3.63, 3.8) is 0 Å². The lowest BCUT2D eigenvalue weighted by Gasteiger charge is -2.25. The van der Waals surface area contributed by atoms with Crippen molar-refractivity contribution in [1.82, 2.24) is 0 Å². The maximum atomic E-state index is 12.4. The number of hydrogen-bond donors (Lipinski definition) is 2. The molecule has 0 aromatic heterocycles. The number of benzene rings is 2. The third-order valence-electron chi connectivity index (χ3n) is 5.16. The molecule has 0 fully saturated rings. The van der Waals surface area contributed by atoms with Crippen molar-refractivity contribution in [3.8, 4) is 5.75 Å². The van der Waals surface area contributed by atoms with E-state index in [9.17, 15) is 9.90 Å². The SMILES string of the molecule is CCC(N)(CO)COc1ccc(C(=O)CCCc2ccc(C)c(C)c2)cc1. The molecular weight excluding hydrogens is 338 g/mol. The summed E-state index contributed by atoms with van der Waals surface area (Å²) in [6, 6.07) is 13.6. The lowest BCUT2D eigenvalue weighted by molar-refractivity contribution is 0.0980. The molecule has 2 aromatic rings. The van der Waals surface area contributed by atoms with Crippen LogP contribution >= 0.6 is 0 Å². The molecule has 1 unspecified atom stereocenters. The molecule has 0 aliphatic carbocycles. The van der Waals surface area contributed by atoms with E-state index in [2.05, 4.69) is 32.0 Å². The number of Topliss-reactive ketones (excluding diaryl/α,β-unsaturated/α-hetero) is 1. The Bertz CT molecular complexity index is 749. The van der Waals surface area contributed by atoms with Crippen molar-refractivity contribution < 1.29 is 14.6 Å². The third-order valence-corrected chi connectivity index (χ3v) is 5.16. The largest absolute Gasteiger partial charge is 0.492 e. The van der Waals surface area contributed by atoms with Crippen LogP contribution in [0.25, 0.3) is 0 Å². The van der Waals surface area contributed by atoms with Gasteiger partial charge in [0, 0.05) is 12.0 Å². The standard InChI is InChI=1S/C23H31NO3/c1-4-23(24,15-25)16-27-21-12-10-20(11-13-21)22(26)7-5-6-19-9-8-17(2)18(3)14-19/h8-14,25H,4-7,15-16,24H2,1-3H3. The van der Waals surface area contributed by atoms with Gasteiger partial charge in [-0.1, -0.05) is 25.1 Å². The number of hydrogen-bond acceptors (Lipinski definition) is 4. The van der Waals surface area contributed by atoms with Gasteiger partial charge in [-0.3, -0.25) is 4.79 Å². The van der Waals surface area contributed by atoms with E-state index < -0.39 is 5.54 Å². The summed E-state index contributed by atoms with van der Waals surface area (Å²) in [7, 11) is 0. The molecule has 146 valence electrons. The molecule has 1 atom stereocenters. The van der Waals surface area contributed by atoms with Crippen molar-refractivity contribution in [3.05, 3.63) is 64.7 Å². The van der Waals surface area contributed by atoms with Crippen LogP contribution in [0.1, 0.15) is 53.2 Å². The lowest BCUT2D eigenvalue weighted by Crippen LogP contribution is -2.48. The Morgan fingerprint density at radius 3 is 2.41 bits per heavy atom. The fraction of sp³-hybridized carbons (Fsp3) is 0.435. The van der Waals surface area contributed by atoms with E-state index in [-0.39, 0.29) is 19.0 Å². The molecule has 0 saturated carbocycles. The second kappa shape index (κ2) is 9.67.